The van der Waals surface area contributed by atoms with Crippen molar-refractivity contribution in [1.29, 1.82) is 0 Å². The number of nitrogen functional groups attached to an aromatic ring is 1. The summed E-state index contributed by atoms with van der Waals surface area (Å²) in [5.41, 5.74) is 9.55. The van der Waals surface area contributed by atoms with E-state index in [1.165, 1.54) is 6.07 Å². The highest BCUT2D eigenvalue weighted by Gasteiger charge is 2.12. The quantitative estimate of drug-likeness (QED) is 0.770. The van der Waals surface area contributed by atoms with E-state index in [0.29, 0.717) is 17.0 Å². The van der Waals surface area contributed by atoms with E-state index in [1.54, 1.807) is 6.07 Å². The summed E-state index contributed by atoms with van der Waals surface area (Å²) in [4.78, 5) is 0. The molecule has 0 atom stereocenters. The van der Waals surface area contributed by atoms with E-state index in [4.69, 9.17) is 10.5 Å². The molecule has 0 saturated heterocycles. The van der Waals surface area contributed by atoms with E-state index in [0.717, 1.165) is 28.1 Å². The number of ether oxygens (including phenoxy) is 1. The second-order valence-corrected chi connectivity index (χ2v) is 6.20. The standard InChI is InChI=1S/C17H19BrFNO/c1-10(2)13-8-15(20)11(3)7-16(13)21-9-12-5-4-6-14(19)17(12)18/h4-8,10H,9,20H2,1-3H3. The van der Waals surface area contributed by atoms with Gasteiger partial charge in [-0.25, -0.2) is 4.39 Å². The van der Waals surface area contributed by atoms with Gasteiger partial charge < -0.3 is 10.5 Å². The van der Waals surface area contributed by atoms with Crippen molar-refractivity contribution in [2.24, 2.45) is 0 Å². The molecule has 2 rings (SSSR count). The van der Waals surface area contributed by atoms with Crippen LogP contribution in [0.15, 0.2) is 34.8 Å². The molecule has 0 aliphatic carbocycles. The first-order valence-electron chi connectivity index (χ1n) is 6.86. The molecule has 0 bridgehead atoms. The van der Waals surface area contributed by atoms with Crippen molar-refractivity contribution in [1.82, 2.24) is 0 Å². The minimum atomic E-state index is -0.284. The van der Waals surface area contributed by atoms with Crippen molar-refractivity contribution >= 4 is 21.6 Å². The zero-order valence-electron chi connectivity index (χ0n) is 12.4. The Morgan fingerprint density at radius 3 is 2.67 bits per heavy atom. The van der Waals surface area contributed by atoms with Gasteiger partial charge in [-0.3, -0.25) is 0 Å². The van der Waals surface area contributed by atoms with Gasteiger partial charge in [-0.1, -0.05) is 26.0 Å². The lowest BCUT2D eigenvalue weighted by Crippen LogP contribution is -2.03. The Morgan fingerprint density at radius 1 is 1.29 bits per heavy atom. The lowest BCUT2D eigenvalue weighted by molar-refractivity contribution is 0.300. The topological polar surface area (TPSA) is 35.2 Å². The van der Waals surface area contributed by atoms with Crippen LogP contribution in [0.5, 0.6) is 5.75 Å². The summed E-state index contributed by atoms with van der Waals surface area (Å²) in [5.74, 6) is 0.820. The number of aryl methyl sites for hydroxylation is 1. The van der Waals surface area contributed by atoms with Crippen LogP contribution in [0.3, 0.4) is 0 Å². The number of rotatable bonds is 4. The Morgan fingerprint density at radius 2 is 2.00 bits per heavy atom. The summed E-state index contributed by atoms with van der Waals surface area (Å²) < 4.78 is 19.9. The highest BCUT2D eigenvalue weighted by Crippen LogP contribution is 2.32. The summed E-state index contributed by atoms with van der Waals surface area (Å²) in [6.45, 7) is 6.44. The third-order valence-electron chi connectivity index (χ3n) is 3.44. The average Bonchev–Trinajstić information content (AvgIpc) is 2.43. The molecule has 0 amide bonds. The second-order valence-electron chi connectivity index (χ2n) is 5.40. The second kappa shape index (κ2) is 6.48. The van der Waals surface area contributed by atoms with Crippen molar-refractivity contribution in [2.45, 2.75) is 33.3 Å². The van der Waals surface area contributed by atoms with Crippen LogP contribution in [0, 0.1) is 12.7 Å². The Bertz CT molecular complexity index is 655. The molecule has 0 saturated carbocycles. The van der Waals surface area contributed by atoms with E-state index in [9.17, 15) is 4.39 Å². The lowest BCUT2D eigenvalue weighted by Gasteiger charge is -2.17. The summed E-state index contributed by atoms with van der Waals surface area (Å²) in [7, 11) is 0. The molecular formula is C17H19BrFNO. The molecule has 0 fully saturated rings. The molecule has 2 aromatic carbocycles. The predicted octanol–water partition coefficient (Wildman–Crippen LogP) is 5.18. The summed E-state index contributed by atoms with van der Waals surface area (Å²) in [5, 5.41) is 0. The molecular weight excluding hydrogens is 333 g/mol. The molecule has 4 heteroatoms. The number of benzene rings is 2. The van der Waals surface area contributed by atoms with Crippen LogP contribution in [0.2, 0.25) is 0 Å². The number of nitrogens with two attached hydrogens (primary N) is 1. The van der Waals surface area contributed by atoms with Crippen LogP contribution >= 0.6 is 15.9 Å². The van der Waals surface area contributed by atoms with E-state index >= 15 is 0 Å². The third-order valence-corrected chi connectivity index (χ3v) is 4.32. The van der Waals surface area contributed by atoms with Crippen molar-refractivity contribution in [3.05, 3.63) is 57.3 Å². The van der Waals surface area contributed by atoms with Crippen LogP contribution in [-0.2, 0) is 6.61 Å². The highest BCUT2D eigenvalue weighted by molar-refractivity contribution is 9.10. The van der Waals surface area contributed by atoms with E-state index in [1.807, 2.05) is 25.1 Å². The first-order valence-corrected chi connectivity index (χ1v) is 7.65. The van der Waals surface area contributed by atoms with E-state index < -0.39 is 0 Å². The van der Waals surface area contributed by atoms with Gasteiger partial charge in [-0.15, -0.1) is 0 Å². The lowest BCUT2D eigenvalue weighted by atomic mass is 9.99. The smallest absolute Gasteiger partial charge is 0.137 e. The maximum atomic E-state index is 13.5. The molecule has 0 aromatic heterocycles. The van der Waals surface area contributed by atoms with Crippen molar-refractivity contribution in [3.8, 4) is 5.75 Å². The minimum Gasteiger partial charge on any atom is -0.489 e. The highest BCUT2D eigenvalue weighted by atomic mass is 79.9. The first-order chi connectivity index (χ1) is 9.90. The normalized spacial score (nSPS) is 11.0. The fourth-order valence-corrected chi connectivity index (χ4v) is 2.49. The average molecular weight is 352 g/mol. The zero-order valence-corrected chi connectivity index (χ0v) is 14.0. The van der Waals surface area contributed by atoms with Crippen LogP contribution in [-0.4, -0.2) is 0 Å². The molecule has 2 aromatic rings. The Kier molecular flexibility index (Phi) is 4.88. The largest absolute Gasteiger partial charge is 0.489 e. The van der Waals surface area contributed by atoms with Crippen molar-refractivity contribution in [2.75, 3.05) is 5.73 Å². The first kappa shape index (κ1) is 15.8. The van der Waals surface area contributed by atoms with Crippen LogP contribution in [0.1, 0.15) is 36.5 Å². The van der Waals surface area contributed by atoms with Gasteiger partial charge in [-0.2, -0.15) is 0 Å². The Labute approximate surface area is 133 Å². The van der Waals surface area contributed by atoms with Gasteiger partial charge in [0.1, 0.15) is 18.2 Å². The molecule has 2 nitrogen and oxygen atoms in total. The van der Waals surface area contributed by atoms with Gasteiger partial charge in [0, 0.05) is 11.3 Å². The third kappa shape index (κ3) is 3.56. The van der Waals surface area contributed by atoms with Gasteiger partial charge in [0.05, 0.1) is 4.47 Å². The van der Waals surface area contributed by atoms with Gasteiger partial charge in [0.25, 0.3) is 0 Å². The van der Waals surface area contributed by atoms with Crippen LogP contribution < -0.4 is 10.5 Å². The number of hydrogen-bond donors (Lipinski definition) is 1. The summed E-state index contributed by atoms with van der Waals surface area (Å²) >= 11 is 3.25. The van der Waals surface area contributed by atoms with Crippen LogP contribution in [0.4, 0.5) is 10.1 Å². The molecule has 112 valence electrons. The Balaban J connectivity index is 2.27. The fourth-order valence-electron chi connectivity index (χ4n) is 2.11. The molecule has 21 heavy (non-hydrogen) atoms. The number of hydrogen-bond acceptors (Lipinski definition) is 2. The molecule has 0 aliphatic heterocycles. The number of halogens is 2. The van der Waals surface area contributed by atoms with E-state index in [2.05, 4.69) is 29.8 Å². The fraction of sp³-hybridized carbons (Fsp3) is 0.294. The molecule has 2 N–H and O–H groups in total. The van der Waals surface area contributed by atoms with Crippen molar-refractivity contribution < 1.29 is 9.13 Å². The van der Waals surface area contributed by atoms with E-state index in [-0.39, 0.29) is 5.82 Å². The van der Waals surface area contributed by atoms with Gasteiger partial charge in [-0.05, 0) is 58.1 Å². The Hall–Kier alpha value is -1.55. The predicted molar refractivity (Wildman–Crippen MR) is 88.1 cm³/mol. The molecule has 0 radical (unpaired) electrons. The maximum absolute atomic E-state index is 13.5. The molecule has 0 unspecified atom stereocenters. The maximum Gasteiger partial charge on any atom is 0.137 e. The van der Waals surface area contributed by atoms with Gasteiger partial charge in [0.2, 0.25) is 0 Å². The number of anilines is 1. The van der Waals surface area contributed by atoms with Crippen LogP contribution in [0.25, 0.3) is 0 Å². The minimum absolute atomic E-state index is 0.284. The summed E-state index contributed by atoms with van der Waals surface area (Å²) in [6, 6.07) is 8.83. The zero-order chi connectivity index (χ0) is 15.6. The van der Waals surface area contributed by atoms with Gasteiger partial charge >= 0.3 is 0 Å². The monoisotopic (exact) mass is 351 g/mol. The van der Waals surface area contributed by atoms with Gasteiger partial charge in [0.15, 0.2) is 0 Å². The molecule has 0 spiro atoms. The summed E-state index contributed by atoms with van der Waals surface area (Å²) in [6.07, 6.45) is 0. The van der Waals surface area contributed by atoms with Crippen molar-refractivity contribution in [3.63, 3.8) is 0 Å². The SMILES string of the molecule is Cc1cc(OCc2cccc(F)c2Br)c(C(C)C)cc1N. The molecule has 0 heterocycles. The molecule has 0 aliphatic rings.